The first kappa shape index (κ1) is 10.8. The monoisotopic (exact) mass is 209 g/mol. The lowest BCUT2D eigenvalue weighted by atomic mass is 10.2. The summed E-state index contributed by atoms with van der Waals surface area (Å²) in [5, 5.41) is 0. The van der Waals surface area contributed by atoms with Crippen molar-refractivity contribution in [2.75, 3.05) is 0 Å². The van der Waals surface area contributed by atoms with Gasteiger partial charge in [0.1, 0.15) is 0 Å². The zero-order valence-corrected chi connectivity index (χ0v) is 6.94. The molecule has 1 rings (SSSR count). The van der Waals surface area contributed by atoms with Crippen LogP contribution < -0.4 is 10.5 Å². The summed E-state index contributed by atoms with van der Waals surface area (Å²) in [4.78, 5) is 0. The van der Waals surface area contributed by atoms with Gasteiger partial charge in [-0.25, -0.2) is 4.39 Å². The third kappa shape index (κ3) is 2.59. The van der Waals surface area contributed by atoms with Gasteiger partial charge in [-0.05, 0) is 6.07 Å². The zero-order valence-electron chi connectivity index (χ0n) is 6.94. The second-order valence-corrected chi connectivity index (χ2v) is 2.48. The second-order valence-electron chi connectivity index (χ2n) is 2.48. The Labute approximate surface area is 77.3 Å². The molecular formula is C8H7F4NO. The van der Waals surface area contributed by atoms with Crippen LogP contribution in [0.5, 0.6) is 5.75 Å². The quantitative estimate of drug-likeness (QED) is 0.757. The molecule has 0 radical (unpaired) electrons. The minimum Gasteiger partial charge on any atom is -0.402 e. The van der Waals surface area contributed by atoms with Crippen LogP contribution in [0.1, 0.15) is 5.56 Å². The van der Waals surface area contributed by atoms with Gasteiger partial charge in [0, 0.05) is 12.1 Å². The first-order valence-electron chi connectivity index (χ1n) is 3.67. The molecule has 1 aromatic rings. The van der Waals surface area contributed by atoms with Crippen molar-refractivity contribution in [3.63, 3.8) is 0 Å². The molecule has 0 saturated heterocycles. The largest absolute Gasteiger partial charge is 0.573 e. The van der Waals surface area contributed by atoms with Crippen molar-refractivity contribution in [1.29, 1.82) is 0 Å². The van der Waals surface area contributed by atoms with Crippen LogP contribution in [0, 0.1) is 5.82 Å². The van der Waals surface area contributed by atoms with E-state index in [2.05, 4.69) is 4.74 Å². The van der Waals surface area contributed by atoms with E-state index in [0.717, 1.165) is 6.07 Å². The summed E-state index contributed by atoms with van der Waals surface area (Å²) in [5.74, 6) is -1.94. The molecule has 14 heavy (non-hydrogen) atoms. The minimum atomic E-state index is -4.91. The highest BCUT2D eigenvalue weighted by Crippen LogP contribution is 2.28. The highest BCUT2D eigenvalue weighted by molar-refractivity contribution is 5.34. The van der Waals surface area contributed by atoms with E-state index in [-0.39, 0.29) is 12.1 Å². The molecular weight excluding hydrogens is 202 g/mol. The van der Waals surface area contributed by atoms with Gasteiger partial charge in [0.2, 0.25) is 0 Å². The fourth-order valence-electron chi connectivity index (χ4n) is 0.944. The molecule has 0 aliphatic heterocycles. The summed E-state index contributed by atoms with van der Waals surface area (Å²) in [6.45, 7) is -0.219. The zero-order chi connectivity index (χ0) is 10.8. The van der Waals surface area contributed by atoms with Crippen LogP contribution in [0.2, 0.25) is 0 Å². The van der Waals surface area contributed by atoms with Gasteiger partial charge in [0.05, 0.1) is 0 Å². The predicted molar refractivity (Wildman–Crippen MR) is 41.0 cm³/mol. The van der Waals surface area contributed by atoms with E-state index in [9.17, 15) is 17.6 Å². The van der Waals surface area contributed by atoms with Gasteiger partial charge in [-0.3, -0.25) is 0 Å². The summed E-state index contributed by atoms with van der Waals surface area (Å²) in [6.07, 6.45) is -4.91. The van der Waals surface area contributed by atoms with E-state index in [1.165, 1.54) is 12.1 Å². The number of rotatable bonds is 2. The molecule has 0 fully saturated rings. The molecule has 0 saturated carbocycles. The van der Waals surface area contributed by atoms with E-state index < -0.39 is 17.9 Å². The Morgan fingerprint density at radius 3 is 2.43 bits per heavy atom. The molecule has 0 unspecified atom stereocenters. The number of benzene rings is 1. The summed E-state index contributed by atoms with van der Waals surface area (Å²) in [6, 6.07) is 3.41. The van der Waals surface area contributed by atoms with Crippen LogP contribution in [0.15, 0.2) is 18.2 Å². The lowest BCUT2D eigenvalue weighted by Crippen LogP contribution is -2.19. The summed E-state index contributed by atoms with van der Waals surface area (Å²) >= 11 is 0. The Morgan fingerprint density at radius 2 is 1.93 bits per heavy atom. The van der Waals surface area contributed by atoms with Crippen LogP contribution in [0.4, 0.5) is 17.6 Å². The Bertz CT molecular complexity index is 324. The smallest absolute Gasteiger partial charge is 0.402 e. The average Bonchev–Trinajstić information content (AvgIpc) is 2.06. The van der Waals surface area contributed by atoms with E-state index in [4.69, 9.17) is 5.73 Å². The molecule has 6 heteroatoms. The molecule has 0 aromatic heterocycles. The van der Waals surface area contributed by atoms with Crippen molar-refractivity contribution in [1.82, 2.24) is 0 Å². The van der Waals surface area contributed by atoms with Crippen molar-refractivity contribution in [3.8, 4) is 5.75 Å². The third-order valence-corrected chi connectivity index (χ3v) is 1.49. The molecule has 0 aliphatic carbocycles. The van der Waals surface area contributed by atoms with Crippen molar-refractivity contribution >= 4 is 0 Å². The van der Waals surface area contributed by atoms with Crippen LogP contribution in [0.3, 0.4) is 0 Å². The summed E-state index contributed by atoms with van der Waals surface area (Å²) < 4.78 is 51.8. The Morgan fingerprint density at radius 1 is 1.29 bits per heavy atom. The molecule has 0 aliphatic rings. The van der Waals surface area contributed by atoms with Gasteiger partial charge in [-0.15, -0.1) is 13.2 Å². The van der Waals surface area contributed by atoms with Crippen molar-refractivity contribution < 1.29 is 22.3 Å². The topological polar surface area (TPSA) is 35.2 Å². The predicted octanol–water partition coefficient (Wildman–Crippen LogP) is 2.18. The molecule has 2 N–H and O–H groups in total. The van der Waals surface area contributed by atoms with E-state index in [1.54, 1.807) is 0 Å². The molecule has 2 nitrogen and oxygen atoms in total. The SMILES string of the molecule is NCc1cccc(F)c1OC(F)(F)F. The van der Waals surface area contributed by atoms with Crippen LogP contribution in [0.25, 0.3) is 0 Å². The van der Waals surface area contributed by atoms with Crippen LogP contribution in [-0.2, 0) is 6.54 Å². The van der Waals surface area contributed by atoms with Gasteiger partial charge in [-0.1, -0.05) is 12.1 Å². The number of ether oxygens (including phenoxy) is 1. The maximum absolute atomic E-state index is 12.9. The van der Waals surface area contributed by atoms with E-state index >= 15 is 0 Å². The number of halogens is 4. The van der Waals surface area contributed by atoms with Crippen molar-refractivity contribution in [2.45, 2.75) is 12.9 Å². The first-order chi connectivity index (χ1) is 6.44. The minimum absolute atomic E-state index is 0.0256. The van der Waals surface area contributed by atoms with E-state index in [1.807, 2.05) is 0 Å². The molecule has 0 spiro atoms. The maximum atomic E-state index is 12.9. The van der Waals surface area contributed by atoms with Gasteiger partial charge in [0.25, 0.3) is 0 Å². The lowest BCUT2D eigenvalue weighted by Gasteiger charge is -2.12. The molecule has 0 bridgehead atoms. The molecule has 78 valence electrons. The summed E-state index contributed by atoms with van der Waals surface area (Å²) in [7, 11) is 0. The maximum Gasteiger partial charge on any atom is 0.573 e. The van der Waals surface area contributed by atoms with Crippen LogP contribution >= 0.6 is 0 Å². The molecule has 0 atom stereocenters. The van der Waals surface area contributed by atoms with Gasteiger partial charge >= 0.3 is 6.36 Å². The normalized spacial score (nSPS) is 11.5. The number of alkyl halides is 3. The number of hydrogen-bond acceptors (Lipinski definition) is 2. The second kappa shape index (κ2) is 3.83. The van der Waals surface area contributed by atoms with E-state index in [0.29, 0.717) is 0 Å². The van der Waals surface area contributed by atoms with Crippen LogP contribution in [-0.4, -0.2) is 6.36 Å². The highest BCUT2D eigenvalue weighted by Gasteiger charge is 2.33. The Hall–Kier alpha value is -1.30. The molecule has 0 heterocycles. The van der Waals surface area contributed by atoms with Crippen molar-refractivity contribution in [2.24, 2.45) is 5.73 Å². The number of nitrogens with two attached hydrogens (primary N) is 1. The summed E-state index contributed by atoms with van der Waals surface area (Å²) in [5.41, 5.74) is 5.10. The lowest BCUT2D eigenvalue weighted by molar-refractivity contribution is -0.275. The first-order valence-corrected chi connectivity index (χ1v) is 3.67. The average molecular weight is 209 g/mol. The third-order valence-electron chi connectivity index (χ3n) is 1.49. The molecule has 0 amide bonds. The van der Waals surface area contributed by atoms with Gasteiger partial charge in [-0.2, -0.15) is 0 Å². The van der Waals surface area contributed by atoms with Crippen molar-refractivity contribution in [3.05, 3.63) is 29.6 Å². The standard InChI is InChI=1S/C8H7F4NO/c9-6-3-1-2-5(4-13)7(6)14-8(10,11)12/h1-3H,4,13H2. The number of para-hydroxylation sites is 1. The van der Waals surface area contributed by atoms with Gasteiger partial charge in [0.15, 0.2) is 11.6 Å². The Kier molecular flexibility index (Phi) is 2.95. The van der Waals surface area contributed by atoms with Gasteiger partial charge < -0.3 is 10.5 Å². The number of hydrogen-bond donors (Lipinski definition) is 1. The molecule has 1 aromatic carbocycles. The fraction of sp³-hybridized carbons (Fsp3) is 0.250. The highest BCUT2D eigenvalue weighted by atomic mass is 19.4. The fourth-order valence-corrected chi connectivity index (χ4v) is 0.944. The Balaban J connectivity index is 3.05.